The minimum Gasteiger partial charge on any atom is -0.274 e. The minimum atomic E-state index is -0.154. The van der Waals surface area contributed by atoms with Crippen LogP contribution >= 0.6 is 0 Å². The molecule has 8 heteroatoms. The Labute approximate surface area is 185 Å². The number of allylic oxidation sites excluding steroid dienone is 2. The number of tetrazole rings is 1. The molecule has 0 unspecified atom stereocenters. The van der Waals surface area contributed by atoms with E-state index in [4.69, 9.17) is 0 Å². The summed E-state index contributed by atoms with van der Waals surface area (Å²) in [4.78, 5) is 12.9. The highest BCUT2D eigenvalue weighted by Gasteiger charge is 2.14. The summed E-state index contributed by atoms with van der Waals surface area (Å²) in [6.07, 6.45) is 4.54. The maximum atomic E-state index is 12.9. The molecule has 2 heterocycles. The highest BCUT2D eigenvalue weighted by Crippen LogP contribution is 2.29. The zero-order valence-corrected chi connectivity index (χ0v) is 18.0. The molecule has 4 rings (SSSR count). The zero-order chi connectivity index (χ0) is 22.3. The van der Waals surface area contributed by atoms with Crippen molar-refractivity contribution in [2.45, 2.75) is 33.4 Å². The maximum absolute atomic E-state index is 12.9. The van der Waals surface area contributed by atoms with Gasteiger partial charge in [-0.2, -0.15) is 10.3 Å². The van der Waals surface area contributed by atoms with Gasteiger partial charge in [0.25, 0.3) is 0 Å². The highest BCUT2D eigenvalue weighted by molar-refractivity contribution is 5.80. The molecule has 160 valence electrons. The number of hydrogen-bond acceptors (Lipinski definition) is 5. The van der Waals surface area contributed by atoms with Gasteiger partial charge >= 0.3 is 5.69 Å². The number of aromatic nitrogens is 7. The molecule has 8 nitrogen and oxygen atoms in total. The largest absolute Gasteiger partial charge is 0.347 e. The van der Waals surface area contributed by atoms with E-state index in [2.05, 4.69) is 37.6 Å². The molecular weight excluding hydrogens is 402 g/mol. The Morgan fingerprint density at radius 3 is 2.56 bits per heavy atom. The van der Waals surface area contributed by atoms with E-state index in [-0.39, 0.29) is 12.2 Å². The summed E-state index contributed by atoms with van der Waals surface area (Å²) in [6, 6.07) is 16.1. The molecule has 0 bridgehead atoms. The summed E-state index contributed by atoms with van der Waals surface area (Å²) in [5.41, 5.74) is 3.80. The van der Waals surface area contributed by atoms with Crippen molar-refractivity contribution in [3.63, 3.8) is 0 Å². The zero-order valence-electron chi connectivity index (χ0n) is 18.0. The third kappa shape index (κ3) is 4.42. The topological polar surface area (TPSA) is 94.3 Å². The van der Waals surface area contributed by atoms with Crippen LogP contribution in [-0.2, 0) is 19.5 Å². The van der Waals surface area contributed by atoms with Crippen LogP contribution in [0.3, 0.4) is 0 Å². The lowest BCUT2D eigenvalue weighted by Gasteiger charge is -2.09. The number of nitrogens with zero attached hydrogens (tertiary/aromatic N) is 6. The normalized spacial score (nSPS) is 10.9. The molecule has 0 amide bonds. The average molecular weight is 425 g/mol. The Morgan fingerprint density at radius 1 is 1.09 bits per heavy atom. The average Bonchev–Trinajstić information content (AvgIpc) is 3.46. The van der Waals surface area contributed by atoms with E-state index < -0.39 is 0 Å². The Kier molecular flexibility index (Phi) is 6.37. The van der Waals surface area contributed by atoms with Crippen LogP contribution in [0.25, 0.3) is 22.5 Å². The van der Waals surface area contributed by atoms with Crippen molar-refractivity contribution in [1.29, 1.82) is 0 Å². The van der Waals surface area contributed by atoms with Gasteiger partial charge in [-0.3, -0.25) is 4.57 Å². The molecule has 32 heavy (non-hydrogen) atoms. The second kappa shape index (κ2) is 9.71. The lowest BCUT2D eigenvalue weighted by molar-refractivity contribution is 0.657. The molecule has 4 aromatic rings. The molecular formula is C24H23N7O. The molecule has 0 aliphatic heterocycles. The number of aromatic amines is 1. The smallest absolute Gasteiger partial charge is 0.274 e. The van der Waals surface area contributed by atoms with Crippen molar-refractivity contribution in [1.82, 2.24) is 35.0 Å². The summed E-state index contributed by atoms with van der Waals surface area (Å²) >= 11 is 0. The van der Waals surface area contributed by atoms with Gasteiger partial charge in [0, 0.05) is 12.0 Å². The Morgan fingerprint density at radius 2 is 1.88 bits per heavy atom. The van der Waals surface area contributed by atoms with E-state index in [0.717, 1.165) is 28.1 Å². The van der Waals surface area contributed by atoms with Crippen LogP contribution in [-0.4, -0.2) is 35.0 Å². The Bertz CT molecular complexity index is 1330. The molecule has 0 saturated carbocycles. The van der Waals surface area contributed by atoms with E-state index in [1.807, 2.05) is 67.6 Å². The van der Waals surface area contributed by atoms with E-state index in [1.54, 1.807) is 11.5 Å². The van der Waals surface area contributed by atoms with Crippen molar-refractivity contribution in [3.05, 3.63) is 82.6 Å². The molecule has 2 aromatic heterocycles. The lowest BCUT2D eigenvalue weighted by Crippen LogP contribution is -2.25. The number of hydrogen-bond donors (Lipinski definition) is 1. The van der Waals surface area contributed by atoms with Crippen LogP contribution in [0.2, 0.25) is 0 Å². The van der Waals surface area contributed by atoms with Gasteiger partial charge in [-0.05, 0) is 35.8 Å². The third-order valence-corrected chi connectivity index (χ3v) is 5.06. The number of rotatable bonds is 7. The predicted molar refractivity (Wildman–Crippen MR) is 123 cm³/mol. The van der Waals surface area contributed by atoms with Gasteiger partial charge in [0.05, 0.1) is 6.54 Å². The minimum absolute atomic E-state index is 0.154. The molecule has 0 saturated heterocycles. The molecule has 1 N–H and O–H groups in total. The predicted octanol–water partition coefficient (Wildman–Crippen LogP) is 3.08. The van der Waals surface area contributed by atoms with Crippen LogP contribution < -0.4 is 5.69 Å². The second-order valence-corrected chi connectivity index (χ2v) is 7.12. The van der Waals surface area contributed by atoms with Crippen molar-refractivity contribution < 1.29 is 0 Å². The third-order valence-electron chi connectivity index (χ3n) is 5.06. The van der Waals surface area contributed by atoms with E-state index >= 15 is 0 Å². The summed E-state index contributed by atoms with van der Waals surface area (Å²) < 4.78 is 3.13. The lowest BCUT2D eigenvalue weighted by atomic mass is 9.98. The van der Waals surface area contributed by atoms with Crippen LogP contribution in [0.5, 0.6) is 0 Å². The fourth-order valence-corrected chi connectivity index (χ4v) is 3.45. The van der Waals surface area contributed by atoms with Gasteiger partial charge in [0.15, 0.2) is 0 Å². The molecule has 0 radical (unpaired) electrons. The van der Waals surface area contributed by atoms with E-state index in [9.17, 15) is 4.79 Å². The van der Waals surface area contributed by atoms with E-state index in [1.165, 1.54) is 4.68 Å². The van der Waals surface area contributed by atoms with Crippen molar-refractivity contribution in [2.75, 3.05) is 0 Å². The SMILES string of the molecule is CC#CCn1nc(C/C=C/C)n(Cc2ccc(-c3ccccc3-c3nn[nH]n3)cc2)c1=O. The first-order valence-electron chi connectivity index (χ1n) is 10.3. The first-order valence-corrected chi connectivity index (χ1v) is 10.3. The van der Waals surface area contributed by atoms with E-state index in [0.29, 0.717) is 18.8 Å². The van der Waals surface area contributed by atoms with Gasteiger partial charge in [-0.1, -0.05) is 66.6 Å². The standard InChI is InChI=1S/C24H23N7O/c1-3-5-11-22-27-31(16-6-4-2)24(32)30(22)17-18-12-14-19(15-13-18)20-9-7-8-10-21(20)23-25-28-29-26-23/h3,5,7-10,12-15H,11,16-17H2,1-2H3,(H,25,26,28,29)/b5-3+. The number of H-pyrrole nitrogens is 1. The van der Waals surface area contributed by atoms with Crippen LogP contribution in [0.4, 0.5) is 0 Å². The van der Waals surface area contributed by atoms with Crippen LogP contribution in [0.15, 0.2) is 65.5 Å². The Hall–Kier alpha value is -4.25. The second-order valence-electron chi connectivity index (χ2n) is 7.12. The molecule has 0 fully saturated rings. The van der Waals surface area contributed by atoms with Gasteiger partial charge in [0.1, 0.15) is 12.4 Å². The molecule has 2 aromatic carbocycles. The monoisotopic (exact) mass is 425 g/mol. The molecule has 0 aliphatic rings. The molecule has 0 atom stereocenters. The summed E-state index contributed by atoms with van der Waals surface area (Å²) in [6.45, 7) is 4.43. The number of nitrogens with one attached hydrogen (secondary N) is 1. The van der Waals surface area contributed by atoms with Crippen molar-refractivity contribution >= 4 is 0 Å². The summed E-state index contributed by atoms with van der Waals surface area (Å²) in [5, 5.41) is 18.8. The summed E-state index contributed by atoms with van der Waals surface area (Å²) in [7, 11) is 0. The van der Waals surface area contributed by atoms with Gasteiger partial charge in [0.2, 0.25) is 5.82 Å². The first-order chi connectivity index (χ1) is 15.7. The highest BCUT2D eigenvalue weighted by atomic mass is 16.2. The number of benzene rings is 2. The fraction of sp³-hybridized carbons (Fsp3) is 0.208. The van der Waals surface area contributed by atoms with Gasteiger partial charge in [-0.25, -0.2) is 9.48 Å². The van der Waals surface area contributed by atoms with Crippen LogP contribution in [0, 0.1) is 11.8 Å². The Balaban J connectivity index is 1.63. The molecule has 0 spiro atoms. The van der Waals surface area contributed by atoms with Gasteiger partial charge < -0.3 is 0 Å². The summed E-state index contributed by atoms with van der Waals surface area (Å²) in [5.74, 6) is 6.99. The first kappa shape index (κ1) is 21.0. The van der Waals surface area contributed by atoms with Crippen molar-refractivity contribution in [2.24, 2.45) is 0 Å². The molecule has 0 aliphatic carbocycles. The van der Waals surface area contributed by atoms with Crippen molar-refractivity contribution in [3.8, 4) is 34.4 Å². The quantitative estimate of drug-likeness (QED) is 0.363. The van der Waals surface area contributed by atoms with Gasteiger partial charge in [-0.15, -0.1) is 16.1 Å². The fourth-order valence-electron chi connectivity index (χ4n) is 3.45. The maximum Gasteiger partial charge on any atom is 0.347 e. The van der Waals surface area contributed by atoms with Crippen LogP contribution in [0.1, 0.15) is 25.2 Å².